The van der Waals surface area contributed by atoms with Gasteiger partial charge in [-0.1, -0.05) is 13.0 Å². The fourth-order valence-corrected chi connectivity index (χ4v) is 2.43. The summed E-state index contributed by atoms with van der Waals surface area (Å²) in [5, 5.41) is 0. The molecule has 0 atom stereocenters. The predicted molar refractivity (Wildman–Crippen MR) is 97.9 cm³/mol. The Balaban J connectivity index is 1.92. The lowest BCUT2D eigenvalue weighted by Gasteiger charge is -2.12. The van der Waals surface area contributed by atoms with Gasteiger partial charge in [0.05, 0.1) is 0 Å². The minimum atomic E-state index is -0.352. The molecular weight excluding hydrogens is 319 g/mol. The molecule has 0 unspecified atom stereocenters. The van der Waals surface area contributed by atoms with E-state index in [2.05, 4.69) is 11.9 Å². The average molecular weight is 344 g/mol. The first-order chi connectivity index (χ1) is 12.0. The zero-order valence-corrected chi connectivity index (χ0v) is 15.3. The standard InChI is InChI=1S/C20H25FN2O2/c1-5-17(23-10-9-22-16(23)4)14-18(6-2)24-11-12-25-20-8-7-15(3)13-19(20)21/h6-10,13-14H,5,11-12H2,1-4H3/b17-14+,18-6+. The maximum atomic E-state index is 13.7. The van der Waals surface area contributed by atoms with Crippen molar-refractivity contribution in [3.63, 3.8) is 0 Å². The van der Waals surface area contributed by atoms with Gasteiger partial charge in [-0.25, -0.2) is 9.37 Å². The van der Waals surface area contributed by atoms with E-state index in [1.807, 2.05) is 49.8 Å². The molecule has 134 valence electrons. The summed E-state index contributed by atoms with van der Waals surface area (Å²) in [6, 6.07) is 4.91. The third-order valence-corrected chi connectivity index (χ3v) is 3.79. The first-order valence-electron chi connectivity index (χ1n) is 8.44. The van der Waals surface area contributed by atoms with Crippen molar-refractivity contribution < 1.29 is 13.9 Å². The van der Waals surface area contributed by atoms with Gasteiger partial charge in [0.25, 0.3) is 0 Å². The molecule has 2 aromatic rings. The Kier molecular flexibility index (Phi) is 6.81. The van der Waals surface area contributed by atoms with Crippen LogP contribution in [0.2, 0.25) is 0 Å². The number of halogens is 1. The van der Waals surface area contributed by atoms with E-state index in [1.165, 1.54) is 6.07 Å². The molecule has 0 aliphatic rings. The lowest BCUT2D eigenvalue weighted by Crippen LogP contribution is -2.07. The van der Waals surface area contributed by atoms with Crippen molar-refractivity contribution in [1.82, 2.24) is 9.55 Å². The number of aromatic nitrogens is 2. The van der Waals surface area contributed by atoms with E-state index in [4.69, 9.17) is 9.47 Å². The molecule has 5 heteroatoms. The molecule has 2 rings (SSSR count). The molecule has 1 aromatic carbocycles. The number of aryl methyl sites for hydroxylation is 2. The van der Waals surface area contributed by atoms with Gasteiger partial charge in [-0.05, 0) is 57.0 Å². The largest absolute Gasteiger partial charge is 0.490 e. The molecule has 0 spiro atoms. The lowest BCUT2D eigenvalue weighted by molar-refractivity contribution is 0.160. The second-order valence-corrected chi connectivity index (χ2v) is 5.66. The quantitative estimate of drug-likeness (QED) is 0.389. The highest BCUT2D eigenvalue weighted by Gasteiger charge is 2.05. The summed E-state index contributed by atoms with van der Waals surface area (Å²) in [6.07, 6.45) is 8.44. The Bertz CT molecular complexity index is 763. The van der Waals surface area contributed by atoms with Crippen molar-refractivity contribution in [2.24, 2.45) is 0 Å². The van der Waals surface area contributed by atoms with Crippen LogP contribution in [0.25, 0.3) is 5.70 Å². The Labute approximate surface area is 148 Å². The minimum Gasteiger partial charge on any atom is -0.490 e. The number of hydrogen-bond acceptors (Lipinski definition) is 3. The SMILES string of the molecule is C/C=C(\C=C(/CC)n1ccnc1C)OCCOc1ccc(C)cc1F. The minimum absolute atomic E-state index is 0.245. The van der Waals surface area contributed by atoms with Gasteiger partial charge in [0.1, 0.15) is 24.8 Å². The summed E-state index contributed by atoms with van der Waals surface area (Å²) >= 11 is 0. The molecule has 4 nitrogen and oxygen atoms in total. The normalized spacial score (nSPS) is 12.4. The van der Waals surface area contributed by atoms with E-state index in [9.17, 15) is 4.39 Å². The van der Waals surface area contributed by atoms with Crippen molar-refractivity contribution in [3.8, 4) is 5.75 Å². The molecule has 0 aliphatic carbocycles. The zero-order chi connectivity index (χ0) is 18.2. The molecule has 0 bridgehead atoms. The van der Waals surface area contributed by atoms with E-state index < -0.39 is 0 Å². The first-order valence-corrected chi connectivity index (χ1v) is 8.44. The molecule has 1 aromatic heterocycles. The number of allylic oxidation sites excluding steroid dienone is 3. The predicted octanol–water partition coefficient (Wildman–Crippen LogP) is 4.89. The van der Waals surface area contributed by atoms with E-state index >= 15 is 0 Å². The highest BCUT2D eigenvalue weighted by molar-refractivity contribution is 5.50. The zero-order valence-electron chi connectivity index (χ0n) is 15.3. The van der Waals surface area contributed by atoms with Crippen molar-refractivity contribution in [2.45, 2.75) is 34.1 Å². The van der Waals surface area contributed by atoms with Crippen LogP contribution in [0.3, 0.4) is 0 Å². The lowest BCUT2D eigenvalue weighted by atomic mass is 10.2. The van der Waals surface area contributed by atoms with Crippen LogP contribution in [0, 0.1) is 19.7 Å². The number of imidazole rings is 1. The van der Waals surface area contributed by atoms with Crippen molar-refractivity contribution in [1.29, 1.82) is 0 Å². The Morgan fingerprint density at radius 3 is 2.68 bits per heavy atom. The molecule has 25 heavy (non-hydrogen) atoms. The second kappa shape index (κ2) is 9.06. The molecule has 0 amide bonds. The van der Waals surface area contributed by atoms with Crippen LogP contribution in [0.5, 0.6) is 5.75 Å². The van der Waals surface area contributed by atoms with Gasteiger partial charge in [0.15, 0.2) is 11.6 Å². The summed E-state index contributed by atoms with van der Waals surface area (Å²) in [7, 11) is 0. The highest BCUT2D eigenvalue weighted by Crippen LogP contribution is 2.18. The second-order valence-electron chi connectivity index (χ2n) is 5.66. The molecule has 0 fully saturated rings. The van der Waals surface area contributed by atoms with E-state index in [-0.39, 0.29) is 18.2 Å². The van der Waals surface area contributed by atoms with Crippen LogP contribution in [-0.2, 0) is 4.74 Å². The fraction of sp³-hybridized carbons (Fsp3) is 0.350. The van der Waals surface area contributed by atoms with Gasteiger partial charge in [-0.2, -0.15) is 0 Å². The maximum absolute atomic E-state index is 13.7. The van der Waals surface area contributed by atoms with Crippen LogP contribution in [0.4, 0.5) is 4.39 Å². The van der Waals surface area contributed by atoms with Gasteiger partial charge in [0, 0.05) is 18.1 Å². The number of rotatable bonds is 8. The molecular formula is C20H25FN2O2. The van der Waals surface area contributed by atoms with Crippen molar-refractivity contribution in [3.05, 3.63) is 65.7 Å². The van der Waals surface area contributed by atoms with E-state index in [0.29, 0.717) is 6.61 Å². The maximum Gasteiger partial charge on any atom is 0.165 e. The molecule has 0 saturated heterocycles. The summed E-state index contributed by atoms with van der Waals surface area (Å²) in [5.74, 6) is 1.57. The van der Waals surface area contributed by atoms with Gasteiger partial charge in [-0.3, -0.25) is 0 Å². The third-order valence-electron chi connectivity index (χ3n) is 3.79. The van der Waals surface area contributed by atoms with Crippen molar-refractivity contribution in [2.75, 3.05) is 13.2 Å². The van der Waals surface area contributed by atoms with Gasteiger partial charge >= 0.3 is 0 Å². The number of benzene rings is 1. The Morgan fingerprint density at radius 1 is 1.28 bits per heavy atom. The van der Waals surface area contributed by atoms with Gasteiger partial charge < -0.3 is 14.0 Å². The number of hydrogen-bond donors (Lipinski definition) is 0. The monoisotopic (exact) mass is 344 g/mol. The van der Waals surface area contributed by atoms with Gasteiger partial charge in [-0.15, -0.1) is 0 Å². The van der Waals surface area contributed by atoms with Crippen LogP contribution in [0.15, 0.2) is 48.5 Å². The van der Waals surface area contributed by atoms with Crippen LogP contribution in [0.1, 0.15) is 31.7 Å². The van der Waals surface area contributed by atoms with Crippen LogP contribution >= 0.6 is 0 Å². The van der Waals surface area contributed by atoms with Crippen LogP contribution in [-0.4, -0.2) is 22.8 Å². The van der Waals surface area contributed by atoms with E-state index in [0.717, 1.165) is 29.3 Å². The topological polar surface area (TPSA) is 36.3 Å². The molecule has 0 N–H and O–H groups in total. The molecule has 0 saturated carbocycles. The number of nitrogens with zero attached hydrogens (tertiary/aromatic N) is 2. The summed E-state index contributed by atoms with van der Waals surface area (Å²) in [6.45, 7) is 8.42. The van der Waals surface area contributed by atoms with Crippen molar-refractivity contribution >= 4 is 5.70 Å². The Hall–Kier alpha value is -2.56. The average Bonchev–Trinajstić information content (AvgIpc) is 3.02. The fourth-order valence-electron chi connectivity index (χ4n) is 2.43. The molecule has 1 heterocycles. The molecule has 0 radical (unpaired) electrons. The third kappa shape index (κ3) is 5.21. The van der Waals surface area contributed by atoms with Gasteiger partial charge in [0.2, 0.25) is 0 Å². The van der Waals surface area contributed by atoms with Crippen LogP contribution < -0.4 is 4.74 Å². The summed E-state index contributed by atoms with van der Waals surface area (Å²) in [5.41, 5.74) is 1.96. The highest BCUT2D eigenvalue weighted by atomic mass is 19.1. The Morgan fingerprint density at radius 2 is 2.08 bits per heavy atom. The number of ether oxygens (including phenoxy) is 2. The summed E-state index contributed by atoms with van der Waals surface area (Å²) in [4.78, 5) is 4.25. The van der Waals surface area contributed by atoms with E-state index in [1.54, 1.807) is 12.3 Å². The first kappa shape index (κ1) is 18.8. The summed E-state index contributed by atoms with van der Waals surface area (Å²) < 4.78 is 26.9. The smallest absolute Gasteiger partial charge is 0.165 e. The molecule has 0 aliphatic heterocycles.